The molecule has 94 valence electrons. The molecule has 0 radical (unpaired) electrons. The molecule has 0 saturated carbocycles. The lowest BCUT2D eigenvalue weighted by atomic mass is 9.99. The van der Waals surface area contributed by atoms with Gasteiger partial charge in [-0.25, -0.2) is 0 Å². The molecular formula is C12H17ClN2OS. The summed E-state index contributed by atoms with van der Waals surface area (Å²) >= 11 is 7.18. The molecule has 1 saturated heterocycles. The van der Waals surface area contributed by atoms with Gasteiger partial charge in [-0.05, 0) is 44.0 Å². The lowest BCUT2D eigenvalue weighted by Gasteiger charge is -2.27. The maximum atomic E-state index is 12.1. The van der Waals surface area contributed by atoms with E-state index in [0.29, 0.717) is 10.3 Å². The third kappa shape index (κ3) is 3.44. The molecule has 1 N–H and O–H groups in total. The summed E-state index contributed by atoms with van der Waals surface area (Å²) in [7, 11) is 1.87. The largest absolute Gasteiger partial charge is 0.341 e. The van der Waals surface area contributed by atoms with Crippen molar-refractivity contribution in [2.24, 2.45) is 5.92 Å². The lowest BCUT2D eigenvalue weighted by molar-refractivity contribution is 0.0769. The Morgan fingerprint density at radius 1 is 1.65 bits per heavy atom. The smallest absolute Gasteiger partial charge is 0.263 e. The topological polar surface area (TPSA) is 32.3 Å². The van der Waals surface area contributed by atoms with Crippen molar-refractivity contribution in [2.75, 3.05) is 26.7 Å². The zero-order valence-corrected chi connectivity index (χ0v) is 11.5. The molecule has 1 aromatic heterocycles. The molecule has 1 aliphatic heterocycles. The molecule has 3 nitrogen and oxygen atoms in total. The number of piperidine rings is 1. The van der Waals surface area contributed by atoms with Crippen molar-refractivity contribution in [1.29, 1.82) is 0 Å². The van der Waals surface area contributed by atoms with Crippen molar-refractivity contribution >= 4 is 28.8 Å². The summed E-state index contributed by atoms with van der Waals surface area (Å²) in [5.74, 6) is 0.653. The van der Waals surface area contributed by atoms with Crippen molar-refractivity contribution in [1.82, 2.24) is 10.2 Å². The highest BCUT2D eigenvalue weighted by Gasteiger charge is 2.19. The van der Waals surface area contributed by atoms with E-state index in [4.69, 9.17) is 11.6 Å². The van der Waals surface area contributed by atoms with Gasteiger partial charge in [-0.2, -0.15) is 0 Å². The van der Waals surface area contributed by atoms with Gasteiger partial charge in [-0.15, -0.1) is 11.3 Å². The summed E-state index contributed by atoms with van der Waals surface area (Å²) in [4.78, 5) is 14.6. The number of hydrogen-bond acceptors (Lipinski definition) is 3. The van der Waals surface area contributed by atoms with E-state index in [1.165, 1.54) is 24.2 Å². The minimum atomic E-state index is 0.0764. The van der Waals surface area contributed by atoms with E-state index in [2.05, 4.69) is 5.32 Å². The molecular weight excluding hydrogens is 256 g/mol. The van der Waals surface area contributed by atoms with Gasteiger partial charge in [0.1, 0.15) is 0 Å². The monoisotopic (exact) mass is 272 g/mol. The highest BCUT2D eigenvalue weighted by atomic mass is 35.5. The van der Waals surface area contributed by atoms with Gasteiger partial charge in [0, 0.05) is 13.6 Å². The molecule has 1 unspecified atom stereocenters. The van der Waals surface area contributed by atoms with E-state index in [0.717, 1.165) is 24.5 Å². The van der Waals surface area contributed by atoms with E-state index in [9.17, 15) is 4.79 Å². The van der Waals surface area contributed by atoms with Gasteiger partial charge in [-0.3, -0.25) is 4.79 Å². The standard InChI is InChI=1S/C12H17ClN2OS/c1-15(8-9-3-2-6-14-7-9)12(16)10-4-5-11(13)17-10/h4-5,9,14H,2-3,6-8H2,1H3. The fourth-order valence-electron chi connectivity index (χ4n) is 2.17. The number of thiophene rings is 1. The Kier molecular flexibility index (Phi) is 4.42. The van der Waals surface area contributed by atoms with Crippen LogP contribution >= 0.6 is 22.9 Å². The highest BCUT2D eigenvalue weighted by Crippen LogP contribution is 2.23. The van der Waals surface area contributed by atoms with E-state index < -0.39 is 0 Å². The molecule has 0 bridgehead atoms. The van der Waals surface area contributed by atoms with Gasteiger partial charge in [0.25, 0.3) is 5.91 Å². The number of hydrogen-bond donors (Lipinski definition) is 1. The predicted molar refractivity (Wildman–Crippen MR) is 71.9 cm³/mol. The van der Waals surface area contributed by atoms with Crippen LogP contribution in [0.15, 0.2) is 12.1 Å². The van der Waals surface area contributed by atoms with E-state index in [1.807, 2.05) is 7.05 Å². The minimum absolute atomic E-state index is 0.0764. The first kappa shape index (κ1) is 12.9. The van der Waals surface area contributed by atoms with E-state index >= 15 is 0 Å². The average Bonchev–Trinajstić information content (AvgIpc) is 2.76. The Morgan fingerprint density at radius 3 is 3.06 bits per heavy atom. The summed E-state index contributed by atoms with van der Waals surface area (Å²) < 4.78 is 0.668. The van der Waals surface area contributed by atoms with Crippen LogP contribution in [0, 0.1) is 5.92 Å². The van der Waals surface area contributed by atoms with Crippen molar-refractivity contribution in [3.05, 3.63) is 21.3 Å². The number of nitrogens with one attached hydrogen (secondary N) is 1. The quantitative estimate of drug-likeness (QED) is 0.917. The first-order valence-electron chi connectivity index (χ1n) is 5.88. The zero-order chi connectivity index (χ0) is 12.3. The summed E-state index contributed by atoms with van der Waals surface area (Å²) in [6.45, 7) is 2.94. The Balaban J connectivity index is 1.90. The van der Waals surface area contributed by atoms with Gasteiger partial charge in [0.05, 0.1) is 9.21 Å². The Labute approximate surface area is 111 Å². The number of carbonyl (C=O) groups excluding carboxylic acids is 1. The van der Waals surface area contributed by atoms with Gasteiger partial charge in [0.2, 0.25) is 0 Å². The maximum absolute atomic E-state index is 12.1. The first-order valence-corrected chi connectivity index (χ1v) is 7.08. The van der Waals surface area contributed by atoms with E-state index in [1.54, 1.807) is 17.0 Å². The second kappa shape index (κ2) is 5.85. The van der Waals surface area contributed by atoms with Crippen LogP contribution in [-0.2, 0) is 0 Å². The SMILES string of the molecule is CN(CC1CCCNC1)C(=O)c1ccc(Cl)s1. The molecule has 2 heterocycles. The van der Waals surface area contributed by atoms with Crippen LogP contribution in [0.1, 0.15) is 22.5 Å². The average molecular weight is 273 g/mol. The second-order valence-electron chi connectivity index (χ2n) is 4.50. The molecule has 1 amide bonds. The summed E-state index contributed by atoms with van der Waals surface area (Å²) in [6.07, 6.45) is 2.41. The molecule has 2 rings (SSSR count). The second-order valence-corrected chi connectivity index (χ2v) is 6.22. The molecule has 1 aromatic rings. The number of nitrogens with zero attached hydrogens (tertiary/aromatic N) is 1. The van der Waals surface area contributed by atoms with Crippen molar-refractivity contribution < 1.29 is 4.79 Å². The molecule has 1 atom stereocenters. The molecule has 0 spiro atoms. The number of amides is 1. The number of carbonyl (C=O) groups is 1. The maximum Gasteiger partial charge on any atom is 0.263 e. The van der Waals surface area contributed by atoms with Crippen LogP contribution < -0.4 is 5.32 Å². The van der Waals surface area contributed by atoms with Crippen molar-refractivity contribution in [3.63, 3.8) is 0 Å². The molecule has 0 aromatic carbocycles. The first-order chi connectivity index (χ1) is 8.16. The van der Waals surface area contributed by atoms with Crippen LogP contribution in [0.5, 0.6) is 0 Å². The molecule has 5 heteroatoms. The number of halogens is 1. The summed E-state index contributed by atoms with van der Waals surface area (Å²) in [5.41, 5.74) is 0. The summed E-state index contributed by atoms with van der Waals surface area (Å²) in [5, 5.41) is 3.37. The normalized spacial score (nSPS) is 20.2. The van der Waals surface area contributed by atoms with Gasteiger partial charge >= 0.3 is 0 Å². The molecule has 1 fully saturated rings. The van der Waals surface area contributed by atoms with Crippen molar-refractivity contribution in [2.45, 2.75) is 12.8 Å². The van der Waals surface area contributed by atoms with Crippen LogP contribution in [0.3, 0.4) is 0 Å². The van der Waals surface area contributed by atoms with Crippen LogP contribution in [0.2, 0.25) is 4.34 Å². The molecule has 1 aliphatic rings. The molecule has 0 aliphatic carbocycles. The van der Waals surface area contributed by atoms with Crippen LogP contribution in [-0.4, -0.2) is 37.5 Å². The van der Waals surface area contributed by atoms with Crippen LogP contribution in [0.25, 0.3) is 0 Å². The lowest BCUT2D eigenvalue weighted by Crippen LogP contribution is -2.38. The minimum Gasteiger partial charge on any atom is -0.341 e. The summed E-state index contributed by atoms with van der Waals surface area (Å²) in [6, 6.07) is 3.57. The Morgan fingerprint density at radius 2 is 2.47 bits per heavy atom. The van der Waals surface area contributed by atoms with Crippen molar-refractivity contribution in [3.8, 4) is 0 Å². The molecule has 17 heavy (non-hydrogen) atoms. The highest BCUT2D eigenvalue weighted by molar-refractivity contribution is 7.17. The predicted octanol–water partition coefficient (Wildman–Crippen LogP) is 2.47. The fourth-order valence-corrected chi connectivity index (χ4v) is 3.21. The Bertz CT molecular complexity index is 388. The van der Waals surface area contributed by atoms with Gasteiger partial charge in [0.15, 0.2) is 0 Å². The third-order valence-electron chi connectivity index (χ3n) is 3.06. The van der Waals surface area contributed by atoms with Gasteiger partial charge in [-0.1, -0.05) is 11.6 Å². The van der Waals surface area contributed by atoms with E-state index in [-0.39, 0.29) is 5.91 Å². The van der Waals surface area contributed by atoms with Gasteiger partial charge < -0.3 is 10.2 Å². The van der Waals surface area contributed by atoms with Crippen LogP contribution in [0.4, 0.5) is 0 Å². The Hall–Kier alpha value is -0.580. The fraction of sp³-hybridized carbons (Fsp3) is 0.583. The third-order valence-corrected chi connectivity index (χ3v) is 4.28. The zero-order valence-electron chi connectivity index (χ0n) is 9.91. The number of rotatable bonds is 3.